The van der Waals surface area contributed by atoms with Gasteiger partial charge >= 0.3 is 0 Å². The molecule has 0 saturated carbocycles. The molecule has 2 nitrogen and oxygen atoms in total. The predicted octanol–water partition coefficient (Wildman–Crippen LogP) is 4.96. The molecule has 0 aliphatic heterocycles. The van der Waals surface area contributed by atoms with E-state index in [1.165, 1.54) is 11.8 Å². The Balaban J connectivity index is 1.89. The molecule has 0 fully saturated rings. The van der Waals surface area contributed by atoms with E-state index >= 15 is 0 Å². The van der Waals surface area contributed by atoms with Gasteiger partial charge in [-0.15, -0.1) is 11.8 Å². The fourth-order valence-electron chi connectivity index (χ4n) is 1.84. The van der Waals surface area contributed by atoms with E-state index in [9.17, 15) is 4.79 Å². The van der Waals surface area contributed by atoms with Crippen molar-refractivity contribution in [1.82, 2.24) is 5.32 Å². The van der Waals surface area contributed by atoms with Crippen molar-refractivity contribution in [2.75, 3.05) is 5.75 Å². The summed E-state index contributed by atoms with van der Waals surface area (Å²) in [5.41, 5.74) is 1.08. The Labute approximate surface area is 138 Å². The van der Waals surface area contributed by atoms with Crippen LogP contribution in [-0.2, 0) is 4.79 Å². The molecule has 0 aromatic heterocycles. The predicted molar refractivity (Wildman–Crippen MR) is 90.2 cm³/mol. The summed E-state index contributed by atoms with van der Waals surface area (Å²) < 4.78 is 0. The van der Waals surface area contributed by atoms with Crippen LogP contribution in [0.5, 0.6) is 0 Å². The van der Waals surface area contributed by atoms with Crippen molar-refractivity contribution in [2.24, 2.45) is 0 Å². The first-order valence-corrected chi connectivity index (χ1v) is 8.22. The Morgan fingerprint density at radius 2 is 1.90 bits per heavy atom. The third-order valence-electron chi connectivity index (χ3n) is 2.93. The molecule has 1 N–H and O–H groups in total. The zero-order valence-corrected chi connectivity index (χ0v) is 13.8. The first-order chi connectivity index (χ1) is 10.1. The van der Waals surface area contributed by atoms with E-state index < -0.39 is 0 Å². The SMILES string of the molecule is C[C@@H](NC(=O)CSc1cc(Cl)ccc1Cl)c1ccccc1. The van der Waals surface area contributed by atoms with Crippen LogP contribution in [-0.4, -0.2) is 11.7 Å². The molecule has 110 valence electrons. The van der Waals surface area contributed by atoms with Crippen molar-refractivity contribution < 1.29 is 4.79 Å². The summed E-state index contributed by atoms with van der Waals surface area (Å²) in [6, 6.07) is 15.1. The molecule has 0 aliphatic carbocycles. The smallest absolute Gasteiger partial charge is 0.230 e. The number of halogens is 2. The van der Waals surface area contributed by atoms with E-state index in [1.807, 2.05) is 37.3 Å². The molecule has 2 aromatic rings. The molecule has 0 bridgehead atoms. The van der Waals surface area contributed by atoms with Gasteiger partial charge < -0.3 is 5.32 Å². The number of hydrogen-bond acceptors (Lipinski definition) is 2. The van der Waals surface area contributed by atoms with E-state index in [4.69, 9.17) is 23.2 Å². The molecule has 5 heteroatoms. The van der Waals surface area contributed by atoms with Gasteiger partial charge in [-0.1, -0.05) is 53.5 Å². The molecular weight excluding hydrogens is 325 g/mol. The number of thioether (sulfide) groups is 1. The van der Waals surface area contributed by atoms with Crippen LogP contribution in [0.1, 0.15) is 18.5 Å². The minimum atomic E-state index is -0.0348. The molecule has 0 saturated heterocycles. The molecule has 2 aromatic carbocycles. The molecule has 0 aliphatic rings. The lowest BCUT2D eigenvalue weighted by molar-refractivity contribution is -0.119. The topological polar surface area (TPSA) is 29.1 Å². The van der Waals surface area contributed by atoms with Crippen LogP contribution >= 0.6 is 35.0 Å². The quantitative estimate of drug-likeness (QED) is 0.779. The lowest BCUT2D eigenvalue weighted by Crippen LogP contribution is -2.28. The van der Waals surface area contributed by atoms with Crippen LogP contribution in [0, 0.1) is 0 Å². The molecule has 0 unspecified atom stereocenters. The average molecular weight is 340 g/mol. The van der Waals surface area contributed by atoms with Gasteiger partial charge in [-0.3, -0.25) is 4.79 Å². The highest BCUT2D eigenvalue weighted by atomic mass is 35.5. The molecule has 2 rings (SSSR count). The lowest BCUT2D eigenvalue weighted by atomic mass is 10.1. The minimum Gasteiger partial charge on any atom is -0.349 e. The van der Waals surface area contributed by atoms with Crippen LogP contribution in [0.25, 0.3) is 0 Å². The van der Waals surface area contributed by atoms with E-state index in [1.54, 1.807) is 18.2 Å². The van der Waals surface area contributed by atoms with E-state index in [2.05, 4.69) is 5.32 Å². The summed E-state index contributed by atoms with van der Waals surface area (Å²) in [6.45, 7) is 1.96. The van der Waals surface area contributed by atoms with E-state index in [0.29, 0.717) is 15.8 Å². The number of hydrogen-bond donors (Lipinski definition) is 1. The summed E-state index contributed by atoms with van der Waals surface area (Å²) in [4.78, 5) is 12.8. The maximum absolute atomic E-state index is 12.0. The van der Waals surface area contributed by atoms with Gasteiger partial charge in [0, 0.05) is 9.92 Å². The summed E-state index contributed by atoms with van der Waals surface area (Å²) in [6.07, 6.45) is 0. The van der Waals surface area contributed by atoms with Gasteiger partial charge in [0.1, 0.15) is 0 Å². The number of rotatable bonds is 5. The molecule has 0 radical (unpaired) electrons. The summed E-state index contributed by atoms with van der Waals surface area (Å²) >= 11 is 13.4. The Morgan fingerprint density at radius 3 is 2.62 bits per heavy atom. The standard InChI is InChI=1S/C16H15Cl2NOS/c1-11(12-5-3-2-4-6-12)19-16(20)10-21-15-9-13(17)7-8-14(15)18/h2-9,11H,10H2,1H3,(H,19,20)/t11-/m1/s1. The monoisotopic (exact) mass is 339 g/mol. The molecule has 1 amide bonds. The summed E-state index contributed by atoms with van der Waals surface area (Å²) in [5, 5.41) is 4.18. The first kappa shape index (κ1) is 16.2. The van der Waals surface area contributed by atoms with Gasteiger partial charge in [0.05, 0.1) is 16.8 Å². The third-order valence-corrected chi connectivity index (χ3v) is 4.66. The van der Waals surface area contributed by atoms with E-state index in [-0.39, 0.29) is 11.9 Å². The zero-order valence-electron chi connectivity index (χ0n) is 11.5. The van der Waals surface area contributed by atoms with Gasteiger partial charge in [0.15, 0.2) is 0 Å². The fourth-order valence-corrected chi connectivity index (χ4v) is 3.14. The molecule has 1 atom stereocenters. The van der Waals surface area contributed by atoms with Crippen molar-refractivity contribution in [3.05, 3.63) is 64.1 Å². The van der Waals surface area contributed by atoms with Crippen molar-refractivity contribution in [3.63, 3.8) is 0 Å². The Kier molecular flexibility index (Phi) is 5.97. The van der Waals surface area contributed by atoms with Crippen molar-refractivity contribution in [3.8, 4) is 0 Å². The zero-order chi connectivity index (χ0) is 15.2. The molecular formula is C16H15Cl2NOS. The van der Waals surface area contributed by atoms with Gasteiger partial charge in [-0.05, 0) is 30.7 Å². The highest BCUT2D eigenvalue weighted by Gasteiger charge is 2.10. The lowest BCUT2D eigenvalue weighted by Gasteiger charge is -2.14. The second-order valence-corrected chi connectivity index (χ2v) is 6.42. The molecule has 0 spiro atoms. The number of benzene rings is 2. The van der Waals surface area contributed by atoms with Crippen molar-refractivity contribution >= 4 is 40.9 Å². The van der Waals surface area contributed by atoms with Crippen molar-refractivity contribution in [1.29, 1.82) is 0 Å². The maximum Gasteiger partial charge on any atom is 0.230 e. The van der Waals surface area contributed by atoms with E-state index in [0.717, 1.165) is 10.5 Å². The number of nitrogens with one attached hydrogen (secondary N) is 1. The van der Waals surface area contributed by atoms with Gasteiger partial charge in [0.25, 0.3) is 0 Å². The second kappa shape index (κ2) is 7.74. The van der Waals surface area contributed by atoms with Gasteiger partial charge in [-0.25, -0.2) is 0 Å². The van der Waals surface area contributed by atoms with Crippen molar-refractivity contribution in [2.45, 2.75) is 17.9 Å². The minimum absolute atomic E-state index is 0.0193. The Hall–Kier alpha value is -1.16. The number of carbonyl (C=O) groups is 1. The normalized spacial score (nSPS) is 12.0. The summed E-state index contributed by atoms with van der Waals surface area (Å²) in [5.74, 6) is 0.268. The largest absolute Gasteiger partial charge is 0.349 e. The number of amides is 1. The third kappa shape index (κ3) is 4.95. The maximum atomic E-state index is 12.0. The first-order valence-electron chi connectivity index (χ1n) is 6.48. The molecule has 0 heterocycles. The average Bonchev–Trinajstić information content (AvgIpc) is 2.49. The Bertz CT molecular complexity index is 619. The molecule has 21 heavy (non-hydrogen) atoms. The van der Waals surface area contributed by atoms with Crippen LogP contribution < -0.4 is 5.32 Å². The van der Waals surface area contributed by atoms with Gasteiger partial charge in [-0.2, -0.15) is 0 Å². The Morgan fingerprint density at radius 1 is 1.19 bits per heavy atom. The van der Waals surface area contributed by atoms with Crippen LogP contribution in [0.3, 0.4) is 0 Å². The highest BCUT2D eigenvalue weighted by Crippen LogP contribution is 2.29. The van der Waals surface area contributed by atoms with Crippen LogP contribution in [0.15, 0.2) is 53.4 Å². The number of carbonyl (C=O) groups excluding carboxylic acids is 1. The second-order valence-electron chi connectivity index (χ2n) is 4.56. The highest BCUT2D eigenvalue weighted by molar-refractivity contribution is 8.00. The summed E-state index contributed by atoms with van der Waals surface area (Å²) in [7, 11) is 0. The van der Waals surface area contributed by atoms with Crippen LogP contribution in [0.2, 0.25) is 10.0 Å². The van der Waals surface area contributed by atoms with Crippen LogP contribution in [0.4, 0.5) is 0 Å². The van der Waals surface area contributed by atoms with Gasteiger partial charge in [0.2, 0.25) is 5.91 Å². The fraction of sp³-hybridized carbons (Fsp3) is 0.188.